The number of piperazine rings is 1. The van der Waals surface area contributed by atoms with E-state index < -0.39 is 26.3 Å². The number of sulfone groups is 1. The minimum Gasteiger partial charge on any atom is -0.367 e. The molecule has 31 heavy (non-hydrogen) atoms. The number of hydrogen-bond acceptors (Lipinski definition) is 6. The summed E-state index contributed by atoms with van der Waals surface area (Å²) in [6, 6.07) is 10.7. The first kappa shape index (κ1) is 22.6. The second kappa shape index (κ2) is 9.36. The third-order valence-electron chi connectivity index (χ3n) is 4.86. The van der Waals surface area contributed by atoms with Crippen LogP contribution in [-0.4, -0.2) is 57.7 Å². The van der Waals surface area contributed by atoms with Gasteiger partial charge in [0.25, 0.3) is 0 Å². The Morgan fingerprint density at radius 1 is 1.10 bits per heavy atom. The first-order valence-corrected chi connectivity index (χ1v) is 10.8. The van der Waals surface area contributed by atoms with Gasteiger partial charge in [0.15, 0.2) is 0 Å². The predicted molar refractivity (Wildman–Crippen MR) is 108 cm³/mol. The van der Waals surface area contributed by atoms with E-state index in [4.69, 9.17) is 5.26 Å². The van der Waals surface area contributed by atoms with Gasteiger partial charge in [0.05, 0.1) is 28.8 Å². The van der Waals surface area contributed by atoms with Crippen molar-refractivity contribution in [2.45, 2.75) is 10.7 Å². The zero-order valence-corrected chi connectivity index (χ0v) is 17.1. The van der Waals surface area contributed by atoms with E-state index >= 15 is 0 Å². The van der Waals surface area contributed by atoms with Crippen molar-refractivity contribution in [2.24, 2.45) is 0 Å². The zero-order chi connectivity index (χ0) is 22.6. The summed E-state index contributed by atoms with van der Waals surface area (Å²) in [6.45, 7) is 2.09. The van der Waals surface area contributed by atoms with Crippen LogP contribution in [0, 0.1) is 17.1 Å². The Bertz CT molecular complexity index is 1090. The smallest absolute Gasteiger partial charge is 0.341 e. The number of nitrogens with zero attached hydrogens (tertiary/aromatic N) is 3. The molecule has 0 aliphatic carbocycles. The number of carbonyl (C=O) groups is 1. The molecule has 7 nitrogen and oxygen atoms in total. The van der Waals surface area contributed by atoms with Crippen molar-refractivity contribution in [3.63, 3.8) is 0 Å². The number of nitrogens with one attached hydrogen (secondary N) is 1. The molecule has 0 radical (unpaired) electrons. The van der Waals surface area contributed by atoms with Crippen LogP contribution in [0.25, 0.3) is 0 Å². The molecule has 164 valence electrons. The van der Waals surface area contributed by atoms with Crippen LogP contribution < -0.4 is 10.2 Å². The highest BCUT2D eigenvalue weighted by Gasteiger charge is 2.26. The van der Waals surface area contributed by atoms with Gasteiger partial charge < -0.3 is 10.2 Å². The summed E-state index contributed by atoms with van der Waals surface area (Å²) >= 11 is 0. The standard InChI is InChI=1S/C20H19F3N4O3S/c21-17-11-14(12-24)1-6-18(17)27-9-7-26(8-10-27)13-19(28)25-15-2-4-16(5-3-15)31(29,30)20(22)23/h1-6,11,20H,7-10,13H2,(H,25,28). The molecular formula is C20H19F3N4O3S. The fraction of sp³-hybridized carbons (Fsp3) is 0.300. The third-order valence-corrected chi connectivity index (χ3v) is 6.26. The molecule has 3 rings (SSSR count). The lowest BCUT2D eigenvalue weighted by Gasteiger charge is -2.35. The van der Waals surface area contributed by atoms with Gasteiger partial charge >= 0.3 is 5.76 Å². The number of rotatable bonds is 6. The van der Waals surface area contributed by atoms with E-state index in [1.165, 1.54) is 18.2 Å². The van der Waals surface area contributed by atoms with Gasteiger partial charge in [-0.15, -0.1) is 0 Å². The molecule has 2 aromatic carbocycles. The highest BCUT2D eigenvalue weighted by atomic mass is 32.2. The van der Waals surface area contributed by atoms with Gasteiger partial charge in [0, 0.05) is 31.9 Å². The van der Waals surface area contributed by atoms with E-state index in [1.54, 1.807) is 12.1 Å². The summed E-state index contributed by atoms with van der Waals surface area (Å²) in [7, 11) is -4.68. The average Bonchev–Trinajstić information content (AvgIpc) is 2.74. The van der Waals surface area contributed by atoms with Crippen LogP contribution in [0.5, 0.6) is 0 Å². The topological polar surface area (TPSA) is 93.5 Å². The van der Waals surface area contributed by atoms with E-state index in [1.807, 2.05) is 15.9 Å². The number of nitriles is 1. The van der Waals surface area contributed by atoms with E-state index in [0.717, 1.165) is 12.1 Å². The lowest BCUT2D eigenvalue weighted by molar-refractivity contribution is -0.117. The minimum atomic E-state index is -4.68. The fourth-order valence-electron chi connectivity index (χ4n) is 3.21. The van der Waals surface area contributed by atoms with Gasteiger partial charge in [-0.2, -0.15) is 14.0 Å². The summed E-state index contributed by atoms with van der Waals surface area (Å²) in [4.78, 5) is 15.4. The fourth-order valence-corrected chi connectivity index (χ4v) is 3.94. The third kappa shape index (κ3) is 5.34. The van der Waals surface area contributed by atoms with E-state index in [9.17, 15) is 26.4 Å². The molecule has 0 atom stereocenters. The lowest BCUT2D eigenvalue weighted by Crippen LogP contribution is -2.48. The Kier molecular flexibility index (Phi) is 6.82. The Hall–Kier alpha value is -3.10. The number of amides is 1. The van der Waals surface area contributed by atoms with Gasteiger partial charge in [-0.1, -0.05) is 0 Å². The molecule has 1 aliphatic heterocycles. The monoisotopic (exact) mass is 452 g/mol. The second-order valence-corrected chi connectivity index (χ2v) is 8.84. The Morgan fingerprint density at radius 3 is 2.29 bits per heavy atom. The Balaban J connectivity index is 1.52. The quantitative estimate of drug-likeness (QED) is 0.724. The normalized spacial score (nSPS) is 15.0. The molecule has 11 heteroatoms. The molecule has 1 fully saturated rings. The van der Waals surface area contributed by atoms with Crippen molar-refractivity contribution >= 4 is 27.1 Å². The SMILES string of the molecule is N#Cc1ccc(N2CCN(CC(=O)Nc3ccc(S(=O)(=O)C(F)F)cc3)CC2)c(F)c1. The summed E-state index contributed by atoms with van der Waals surface area (Å²) in [5.41, 5.74) is 0.940. The largest absolute Gasteiger partial charge is 0.367 e. The number of carbonyl (C=O) groups excluding carboxylic acids is 1. The molecule has 1 aliphatic rings. The van der Waals surface area contributed by atoms with Crippen LogP contribution in [0.1, 0.15) is 5.56 Å². The van der Waals surface area contributed by atoms with Crippen molar-refractivity contribution in [3.05, 3.63) is 53.8 Å². The number of anilines is 2. The summed E-state index contributed by atoms with van der Waals surface area (Å²) < 4.78 is 62.1. The molecule has 0 saturated carbocycles. The van der Waals surface area contributed by atoms with Gasteiger partial charge in [-0.25, -0.2) is 12.8 Å². The average molecular weight is 452 g/mol. The van der Waals surface area contributed by atoms with Crippen LogP contribution >= 0.6 is 0 Å². The van der Waals surface area contributed by atoms with Crippen LogP contribution in [0.4, 0.5) is 24.5 Å². The van der Waals surface area contributed by atoms with E-state index in [2.05, 4.69) is 5.32 Å². The number of halogens is 3. The number of alkyl halides is 2. The lowest BCUT2D eigenvalue weighted by atomic mass is 10.2. The predicted octanol–water partition coefficient (Wildman–Crippen LogP) is 2.45. The van der Waals surface area contributed by atoms with Crippen LogP contribution in [0.3, 0.4) is 0 Å². The molecular weight excluding hydrogens is 433 g/mol. The molecule has 0 bridgehead atoms. The highest BCUT2D eigenvalue weighted by Crippen LogP contribution is 2.22. The minimum absolute atomic E-state index is 0.0702. The first-order chi connectivity index (χ1) is 14.7. The number of hydrogen-bond donors (Lipinski definition) is 1. The molecule has 1 heterocycles. The van der Waals surface area contributed by atoms with Crippen molar-refractivity contribution in [1.29, 1.82) is 5.26 Å². The molecule has 0 unspecified atom stereocenters. The van der Waals surface area contributed by atoms with E-state index in [0.29, 0.717) is 31.9 Å². The Morgan fingerprint density at radius 2 is 1.74 bits per heavy atom. The van der Waals surface area contributed by atoms with Gasteiger partial charge in [0.1, 0.15) is 5.82 Å². The van der Waals surface area contributed by atoms with Gasteiger partial charge in [-0.05, 0) is 42.5 Å². The molecule has 0 aromatic heterocycles. The summed E-state index contributed by atoms with van der Waals surface area (Å²) in [5, 5.41) is 11.4. The van der Waals surface area contributed by atoms with Crippen molar-refractivity contribution in [1.82, 2.24) is 4.90 Å². The van der Waals surface area contributed by atoms with Gasteiger partial charge in [0.2, 0.25) is 15.7 Å². The maximum atomic E-state index is 14.2. The maximum absolute atomic E-state index is 14.2. The highest BCUT2D eigenvalue weighted by molar-refractivity contribution is 7.91. The maximum Gasteiger partial charge on any atom is 0.341 e. The first-order valence-electron chi connectivity index (χ1n) is 9.29. The van der Waals surface area contributed by atoms with Crippen LogP contribution in [0.15, 0.2) is 47.4 Å². The van der Waals surface area contributed by atoms with Crippen molar-refractivity contribution in [3.8, 4) is 6.07 Å². The Labute approximate surface area is 177 Å². The number of benzene rings is 2. The molecule has 1 amide bonds. The van der Waals surface area contributed by atoms with Crippen LogP contribution in [0.2, 0.25) is 0 Å². The van der Waals surface area contributed by atoms with Crippen molar-refractivity contribution in [2.75, 3.05) is 42.9 Å². The molecule has 0 spiro atoms. The zero-order valence-electron chi connectivity index (χ0n) is 16.3. The summed E-state index contributed by atoms with van der Waals surface area (Å²) in [5.74, 6) is -4.32. The molecule has 1 saturated heterocycles. The van der Waals surface area contributed by atoms with Crippen LogP contribution in [-0.2, 0) is 14.6 Å². The molecule has 1 N–H and O–H groups in total. The second-order valence-electron chi connectivity index (χ2n) is 6.92. The van der Waals surface area contributed by atoms with Crippen molar-refractivity contribution < 1.29 is 26.4 Å². The molecule has 2 aromatic rings. The summed E-state index contributed by atoms with van der Waals surface area (Å²) in [6.07, 6.45) is 0. The van der Waals surface area contributed by atoms with Gasteiger partial charge in [-0.3, -0.25) is 9.69 Å². The van der Waals surface area contributed by atoms with E-state index in [-0.39, 0.29) is 23.7 Å².